The van der Waals surface area contributed by atoms with E-state index in [2.05, 4.69) is 19.0 Å². The minimum Gasteiger partial charge on any atom is -0.409 e. The predicted molar refractivity (Wildman–Crippen MR) is 82.2 cm³/mol. The molecule has 0 unspecified atom stereocenters. The van der Waals surface area contributed by atoms with E-state index >= 15 is 0 Å². The van der Waals surface area contributed by atoms with Crippen LogP contribution < -0.4 is 5.73 Å². The number of amidine groups is 1. The number of carbonyl (C=O) groups excluding carboxylic acids is 1. The molecule has 114 valence electrons. The maximum Gasteiger partial charge on any atom is 0.227 e. The van der Waals surface area contributed by atoms with Crippen LogP contribution in [0.1, 0.15) is 37.8 Å². The zero-order valence-corrected chi connectivity index (χ0v) is 12.6. The molecule has 0 radical (unpaired) electrons. The van der Waals surface area contributed by atoms with E-state index in [4.69, 9.17) is 10.9 Å². The Morgan fingerprint density at radius 3 is 2.48 bits per heavy atom. The minimum atomic E-state index is 0.0762. The van der Waals surface area contributed by atoms with Crippen molar-refractivity contribution in [3.8, 4) is 0 Å². The van der Waals surface area contributed by atoms with Crippen molar-refractivity contribution in [2.45, 2.75) is 39.2 Å². The second kappa shape index (κ2) is 6.61. The lowest BCUT2D eigenvalue weighted by Crippen LogP contribution is -2.37. The maximum absolute atomic E-state index is 12.4. The SMILES string of the molecule is CC(C)CN(C(=O)Cc1ccc(C(N)=NO)cc1)C1CC1. The van der Waals surface area contributed by atoms with E-state index in [1.54, 1.807) is 12.1 Å². The number of rotatable bonds is 6. The van der Waals surface area contributed by atoms with Gasteiger partial charge in [0.25, 0.3) is 0 Å². The number of hydrogen-bond donors (Lipinski definition) is 2. The average Bonchev–Trinajstić information content (AvgIpc) is 3.29. The summed E-state index contributed by atoms with van der Waals surface area (Å²) >= 11 is 0. The van der Waals surface area contributed by atoms with Gasteiger partial charge in [-0.2, -0.15) is 0 Å². The van der Waals surface area contributed by atoms with Crippen molar-refractivity contribution in [1.29, 1.82) is 0 Å². The lowest BCUT2D eigenvalue weighted by Gasteiger charge is -2.24. The molecule has 0 saturated heterocycles. The first-order chi connectivity index (χ1) is 10.0. The molecule has 1 aromatic rings. The number of oxime groups is 1. The molecule has 0 heterocycles. The number of carbonyl (C=O) groups is 1. The van der Waals surface area contributed by atoms with Crippen molar-refractivity contribution in [2.24, 2.45) is 16.8 Å². The van der Waals surface area contributed by atoms with Gasteiger partial charge >= 0.3 is 0 Å². The second-order valence-corrected chi connectivity index (χ2v) is 6.03. The molecule has 2 rings (SSSR count). The van der Waals surface area contributed by atoms with Gasteiger partial charge in [-0.25, -0.2) is 0 Å². The van der Waals surface area contributed by atoms with Crippen molar-refractivity contribution in [2.75, 3.05) is 6.54 Å². The summed E-state index contributed by atoms with van der Waals surface area (Å²) in [5.74, 6) is 0.743. The largest absolute Gasteiger partial charge is 0.409 e. The molecule has 1 aliphatic carbocycles. The molecular weight excluding hydrogens is 266 g/mol. The van der Waals surface area contributed by atoms with E-state index in [0.717, 1.165) is 24.9 Å². The number of benzene rings is 1. The van der Waals surface area contributed by atoms with Gasteiger partial charge in [-0.05, 0) is 24.3 Å². The highest BCUT2D eigenvalue weighted by Gasteiger charge is 2.32. The third kappa shape index (κ3) is 4.21. The maximum atomic E-state index is 12.4. The summed E-state index contributed by atoms with van der Waals surface area (Å²) in [6, 6.07) is 7.68. The van der Waals surface area contributed by atoms with Crippen LogP contribution in [0, 0.1) is 5.92 Å². The Morgan fingerprint density at radius 2 is 2.00 bits per heavy atom. The molecule has 0 aliphatic heterocycles. The smallest absolute Gasteiger partial charge is 0.227 e. The Balaban J connectivity index is 2.01. The van der Waals surface area contributed by atoms with Crippen molar-refractivity contribution < 1.29 is 10.0 Å². The van der Waals surface area contributed by atoms with E-state index < -0.39 is 0 Å². The van der Waals surface area contributed by atoms with Gasteiger partial charge in [0, 0.05) is 18.2 Å². The number of nitrogens with two attached hydrogens (primary N) is 1. The van der Waals surface area contributed by atoms with Gasteiger partial charge in [0.05, 0.1) is 6.42 Å². The van der Waals surface area contributed by atoms with Crippen LogP contribution in [-0.2, 0) is 11.2 Å². The van der Waals surface area contributed by atoms with Gasteiger partial charge in [0.1, 0.15) is 0 Å². The molecule has 5 heteroatoms. The molecule has 5 nitrogen and oxygen atoms in total. The van der Waals surface area contributed by atoms with Gasteiger partial charge in [0.2, 0.25) is 5.91 Å². The number of nitrogens with zero attached hydrogens (tertiary/aromatic N) is 2. The summed E-state index contributed by atoms with van der Waals surface area (Å²) in [5.41, 5.74) is 7.12. The zero-order chi connectivity index (χ0) is 15.4. The highest BCUT2D eigenvalue weighted by atomic mass is 16.4. The van der Waals surface area contributed by atoms with Crippen LogP contribution in [0.25, 0.3) is 0 Å². The monoisotopic (exact) mass is 289 g/mol. The normalized spacial score (nSPS) is 15.3. The molecule has 0 aromatic heterocycles. The van der Waals surface area contributed by atoms with Gasteiger partial charge in [-0.1, -0.05) is 43.3 Å². The summed E-state index contributed by atoms with van der Waals surface area (Å²) in [6.45, 7) is 5.09. The molecule has 1 amide bonds. The molecule has 0 spiro atoms. The van der Waals surface area contributed by atoms with Crippen molar-refractivity contribution >= 4 is 11.7 Å². The lowest BCUT2D eigenvalue weighted by atomic mass is 10.1. The molecule has 0 bridgehead atoms. The quantitative estimate of drug-likeness (QED) is 0.364. The van der Waals surface area contributed by atoms with Crippen molar-refractivity contribution in [3.63, 3.8) is 0 Å². The Kier molecular flexibility index (Phi) is 4.83. The van der Waals surface area contributed by atoms with Crippen LogP contribution in [0.4, 0.5) is 0 Å². The molecule has 3 N–H and O–H groups in total. The summed E-state index contributed by atoms with van der Waals surface area (Å²) in [6.07, 6.45) is 2.65. The van der Waals surface area contributed by atoms with E-state index in [1.165, 1.54) is 0 Å². The van der Waals surface area contributed by atoms with Gasteiger partial charge < -0.3 is 15.8 Å². The summed E-state index contributed by atoms with van der Waals surface area (Å²) < 4.78 is 0. The first kappa shape index (κ1) is 15.4. The third-order valence-corrected chi connectivity index (χ3v) is 3.58. The van der Waals surface area contributed by atoms with Crippen LogP contribution in [0.5, 0.6) is 0 Å². The van der Waals surface area contributed by atoms with Crippen LogP contribution in [0.3, 0.4) is 0 Å². The van der Waals surface area contributed by atoms with Crippen LogP contribution in [0.2, 0.25) is 0 Å². The molecule has 0 atom stereocenters. The molecule has 1 fully saturated rings. The Hall–Kier alpha value is -2.04. The van der Waals surface area contributed by atoms with E-state index in [1.807, 2.05) is 17.0 Å². The third-order valence-electron chi connectivity index (χ3n) is 3.58. The summed E-state index contributed by atoms with van der Waals surface area (Å²) in [7, 11) is 0. The Morgan fingerprint density at radius 1 is 1.38 bits per heavy atom. The Labute approximate surface area is 125 Å². The highest BCUT2D eigenvalue weighted by molar-refractivity contribution is 5.97. The van der Waals surface area contributed by atoms with Gasteiger partial charge in [-0.15, -0.1) is 0 Å². The Bertz CT molecular complexity index is 519. The number of amides is 1. The predicted octanol–water partition coefficient (Wildman–Crippen LogP) is 1.97. The van der Waals surface area contributed by atoms with Gasteiger partial charge in [-0.3, -0.25) is 4.79 Å². The van der Waals surface area contributed by atoms with Crippen molar-refractivity contribution in [1.82, 2.24) is 4.90 Å². The fourth-order valence-corrected chi connectivity index (χ4v) is 2.36. The van der Waals surface area contributed by atoms with E-state index in [-0.39, 0.29) is 11.7 Å². The fourth-order valence-electron chi connectivity index (χ4n) is 2.36. The van der Waals surface area contributed by atoms with Crippen LogP contribution in [0.15, 0.2) is 29.4 Å². The molecular formula is C16H23N3O2. The molecule has 1 saturated carbocycles. The van der Waals surface area contributed by atoms with Gasteiger partial charge in [0.15, 0.2) is 5.84 Å². The summed E-state index contributed by atoms with van der Waals surface area (Å²) in [5, 5.41) is 11.6. The van der Waals surface area contributed by atoms with E-state index in [9.17, 15) is 4.79 Å². The molecule has 1 aliphatic rings. The highest BCUT2D eigenvalue weighted by Crippen LogP contribution is 2.28. The molecule has 21 heavy (non-hydrogen) atoms. The first-order valence-corrected chi connectivity index (χ1v) is 7.37. The average molecular weight is 289 g/mol. The van der Waals surface area contributed by atoms with E-state index in [0.29, 0.717) is 23.9 Å². The lowest BCUT2D eigenvalue weighted by molar-refractivity contribution is -0.131. The minimum absolute atomic E-state index is 0.0762. The first-order valence-electron chi connectivity index (χ1n) is 7.37. The molecule has 1 aromatic carbocycles. The zero-order valence-electron chi connectivity index (χ0n) is 12.6. The number of hydrogen-bond acceptors (Lipinski definition) is 3. The standard InChI is InChI=1S/C16H23N3O2/c1-11(2)10-19(14-7-8-14)15(20)9-12-3-5-13(6-4-12)16(17)18-21/h3-6,11,14,21H,7-10H2,1-2H3,(H2,17,18). The second-order valence-electron chi connectivity index (χ2n) is 6.03. The van der Waals surface area contributed by atoms with Crippen LogP contribution >= 0.6 is 0 Å². The van der Waals surface area contributed by atoms with Crippen LogP contribution in [-0.4, -0.2) is 34.4 Å². The fraction of sp³-hybridized carbons (Fsp3) is 0.500. The summed E-state index contributed by atoms with van der Waals surface area (Å²) in [4.78, 5) is 14.5. The van der Waals surface area contributed by atoms with Crippen molar-refractivity contribution in [3.05, 3.63) is 35.4 Å². The topological polar surface area (TPSA) is 78.9 Å².